The number of alkyl halides is 5. The molecule has 1 fully saturated rings. The minimum Gasteiger partial charge on any atom is -0.741 e. The van der Waals surface area contributed by atoms with Crippen LogP contribution in [-0.2, 0) is 39.3 Å². The van der Waals surface area contributed by atoms with E-state index in [-0.39, 0.29) is 24.2 Å². The van der Waals surface area contributed by atoms with Crippen molar-refractivity contribution in [1.82, 2.24) is 13.5 Å². The lowest BCUT2D eigenvalue weighted by atomic mass is 9.86. The molecule has 0 unspecified atom stereocenters. The topological polar surface area (TPSA) is 121 Å². The van der Waals surface area contributed by atoms with Crippen molar-refractivity contribution in [3.63, 3.8) is 0 Å². The Labute approximate surface area is 235 Å². The number of nitrogens with zero attached hydrogens (tertiary/aromatic N) is 5. The van der Waals surface area contributed by atoms with Gasteiger partial charge in [-0.15, -0.1) is 3.97 Å². The van der Waals surface area contributed by atoms with E-state index in [1.54, 1.807) is 29.9 Å². The molecule has 0 atom stereocenters. The lowest BCUT2D eigenvalue weighted by molar-refractivity contribution is -0.670. The van der Waals surface area contributed by atoms with Gasteiger partial charge in [0.05, 0.1) is 23.8 Å². The molecule has 3 aromatic rings. The summed E-state index contributed by atoms with van der Waals surface area (Å²) in [6, 6.07) is 5.42. The number of aryl methyl sites for hydroxylation is 1. The molecule has 230 valence electrons. The molecule has 1 aromatic carbocycles. The van der Waals surface area contributed by atoms with Crippen LogP contribution >= 0.6 is 0 Å². The Morgan fingerprint density at radius 1 is 1.12 bits per heavy atom. The van der Waals surface area contributed by atoms with E-state index in [1.807, 2.05) is 6.07 Å². The van der Waals surface area contributed by atoms with E-state index in [0.717, 1.165) is 15.3 Å². The molecule has 0 bridgehead atoms. The molecule has 0 amide bonds. The number of hydrogen-bond donors (Lipinski definition) is 0. The zero-order chi connectivity index (χ0) is 31.2. The summed E-state index contributed by atoms with van der Waals surface area (Å²) in [6.45, 7) is 6.85. The number of imidazole rings is 2. The van der Waals surface area contributed by atoms with E-state index in [0.29, 0.717) is 30.6 Å². The van der Waals surface area contributed by atoms with Gasteiger partial charge in [0.1, 0.15) is 18.2 Å². The highest BCUT2D eigenvalue weighted by Gasteiger charge is 2.37. The van der Waals surface area contributed by atoms with Crippen LogP contribution in [0, 0.1) is 5.92 Å². The molecule has 41 heavy (non-hydrogen) atoms. The van der Waals surface area contributed by atoms with Crippen LogP contribution in [0.3, 0.4) is 0 Å². The van der Waals surface area contributed by atoms with Gasteiger partial charge in [-0.05, 0) is 37.0 Å². The Morgan fingerprint density at radius 2 is 1.68 bits per heavy atom. The van der Waals surface area contributed by atoms with Gasteiger partial charge in [-0.3, -0.25) is 0 Å². The minimum absolute atomic E-state index is 0.0703. The Hall–Kier alpha value is -2.79. The van der Waals surface area contributed by atoms with Crippen molar-refractivity contribution in [1.29, 1.82) is 0 Å². The molecule has 10 nitrogen and oxygen atoms in total. The van der Waals surface area contributed by atoms with E-state index in [9.17, 15) is 30.4 Å². The normalized spacial score (nSPS) is 16.9. The maximum atomic E-state index is 13.6. The maximum Gasteiger partial charge on any atom is 0.485 e. The second kappa shape index (κ2) is 11.1. The molecule has 1 aliphatic carbocycles. The third kappa shape index (κ3) is 7.54. The van der Waals surface area contributed by atoms with Crippen molar-refractivity contribution in [3.8, 4) is 0 Å². The van der Waals surface area contributed by atoms with Crippen LogP contribution in [0.2, 0.25) is 0 Å². The van der Waals surface area contributed by atoms with Crippen molar-refractivity contribution in [2.75, 3.05) is 11.4 Å². The van der Waals surface area contributed by atoms with E-state index < -0.39 is 31.8 Å². The fraction of sp³-hybridized carbons (Fsp3) is 0.583. The first kappa shape index (κ1) is 32.7. The van der Waals surface area contributed by atoms with E-state index in [1.165, 1.54) is 23.9 Å². The summed E-state index contributed by atoms with van der Waals surface area (Å²) in [5.41, 5.74) is -3.82. The van der Waals surface area contributed by atoms with Gasteiger partial charge in [0.15, 0.2) is 10.1 Å². The van der Waals surface area contributed by atoms with Crippen molar-refractivity contribution in [3.05, 3.63) is 42.7 Å². The Balaban J connectivity index is 0.000000507. The SMILES string of the molecule is CN(c1ccc2c(c1)nc(C(C)(C)C)n2CC1CCC(F)(F)CC1)S(=O)(=O)n1cc[n+](C)c1.O=S(=O)([O-])C(F)(F)F. The molecule has 0 radical (unpaired) electrons. The molecule has 4 rings (SSSR count). The van der Waals surface area contributed by atoms with Crippen molar-refractivity contribution >= 4 is 37.0 Å². The largest absolute Gasteiger partial charge is 0.741 e. The predicted octanol–water partition coefficient (Wildman–Crippen LogP) is 4.07. The number of hydrogen-bond acceptors (Lipinski definition) is 6. The van der Waals surface area contributed by atoms with Gasteiger partial charge >= 0.3 is 15.7 Å². The second-order valence-corrected chi connectivity index (χ2v) is 14.3. The average Bonchev–Trinajstić information content (AvgIpc) is 3.43. The van der Waals surface area contributed by atoms with Crippen molar-refractivity contribution < 1.29 is 47.9 Å². The van der Waals surface area contributed by atoms with E-state index in [2.05, 4.69) is 25.3 Å². The van der Waals surface area contributed by atoms with Crippen LogP contribution in [0.1, 0.15) is 52.3 Å². The molecule has 0 saturated heterocycles. The number of fused-ring (bicyclic) bond motifs is 1. The van der Waals surface area contributed by atoms with Gasteiger partial charge < -0.3 is 9.12 Å². The van der Waals surface area contributed by atoms with E-state index in [4.69, 9.17) is 18.0 Å². The van der Waals surface area contributed by atoms with Crippen LogP contribution in [0.25, 0.3) is 11.0 Å². The lowest BCUT2D eigenvalue weighted by Crippen LogP contribution is -2.33. The lowest BCUT2D eigenvalue weighted by Gasteiger charge is -2.30. The highest BCUT2D eigenvalue weighted by Crippen LogP contribution is 2.38. The monoisotopic (exact) mass is 629 g/mol. The first-order valence-corrected chi connectivity index (χ1v) is 15.3. The molecule has 0 spiro atoms. The molecule has 1 aliphatic rings. The maximum absolute atomic E-state index is 13.6. The summed E-state index contributed by atoms with van der Waals surface area (Å²) in [4.78, 5) is 4.86. The Kier molecular flexibility index (Phi) is 8.88. The first-order chi connectivity index (χ1) is 18.5. The van der Waals surface area contributed by atoms with E-state index >= 15 is 0 Å². The summed E-state index contributed by atoms with van der Waals surface area (Å²) in [5, 5.41) is 0. The molecule has 1 saturated carbocycles. The first-order valence-electron chi connectivity index (χ1n) is 12.5. The molecule has 0 N–H and O–H groups in total. The van der Waals surface area contributed by atoms with Gasteiger partial charge in [0, 0.05) is 31.8 Å². The fourth-order valence-electron chi connectivity index (χ4n) is 4.45. The van der Waals surface area contributed by atoms with Crippen LogP contribution < -0.4 is 8.87 Å². The number of rotatable bonds is 5. The smallest absolute Gasteiger partial charge is 0.485 e. The number of anilines is 1. The zero-order valence-electron chi connectivity index (χ0n) is 23.1. The fourth-order valence-corrected chi connectivity index (χ4v) is 5.59. The molecule has 2 heterocycles. The number of benzene rings is 1. The average molecular weight is 630 g/mol. The van der Waals surface area contributed by atoms with Gasteiger partial charge in [-0.25, -0.2) is 31.1 Å². The van der Waals surface area contributed by atoms with Gasteiger partial charge in [0.25, 0.3) is 6.33 Å². The third-order valence-corrected chi connectivity index (χ3v) is 8.90. The highest BCUT2D eigenvalue weighted by molar-refractivity contribution is 7.91. The van der Waals surface area contributed by atoms with Crippen LogP contribution in [0.5, 0.6) is 0 Å². The van der Waals surface area contributed by atoms with Crippen molar-refractivity contribution in [2.45, 2.75) is 69.8 Å². The van der Waals surface area contributed by atoms with Gasteiger partial charge in [-0.2, -0.15) is 21.6 Å². The molecule has 2 aromatic heterocycles. The molecular formula is C24H32F5N5O5S2. The standard InChI is InChI=1S/C23H32F2N5O2S.CHF3O3S/c1-22(2,3)21-26-19-14-18(28(5)33(31,32)29-13-12-27(4)16-29)6-7-20(19)30(21)15-17-8-10-23(24,25)11-9-17;2-1(3,4)8(5,6)7/h6-7,12-14,16-17H,8-11,15H2,1-5H3;(H,5,6,7)/q+1;/p-1. The Morgan fingerprint density at radius 3 is 2.15 bits per heavy atom. The summed E-state index contributed by atoms with van der Waals surface area (Å²) in [7, 11) is -6.60. The highest BCUT2D eigenvalue weighted by atomic mass is 32.2. The molecule has 17 heteroatoms. The zero-order valence-corrected chi connectivity index (χ0v) is 24.7. The number of aromatic nitrogens is 4. The summed E-state index contributed by atoms with van der Waals surface area (Å²) < 4.78 is 118. The number of halogens is 5. The van der Waals surface area contributed by atoms with Crippen LogP contribution in [0.4, 0.5) is 27.6 Å². The van der Waals surface area contributed by atoms with Crippen LogP contribution in [0.15, 0.2) is 36.9 Å². The molecular weight excluding hydrogens is 597 g/mol. The third-order valence-electron chi connectivity index (χ3n) is 6.68. The minimum atomic E-state index is -6.09. The van der Waals surface area contributed by atoms with Crippen LogP contribution in [-0.4, -0.2) is 53.4 Å². The Bertz CT molecular complexity index is 1600. The predicted molar refractivity (Wildman–Crippen MR) is 139 cm³/mol. The van der Waals surface area contributed by atoms with Gasteiger partial charge in [-0.1, -0.05) is 20.8 Å². The molecule has 0 aliphatic heterocycles. The second-order valence-electron chi connectivity index (χ2n) is 11.1. The quantitative estimate of drug-likeness (QED) is 0.182. The summed E-state index contributed by atoms with van der Waals surface area (Å²) >= 11 is 0. The van der Waals surface area contributed by atoms with Gasteiger partial charge in [0.2, 0.25) is 5.92 Å². The van der Waals surface area contributed by atoms with Crippen molar-refractivity contribution in [2.24, 2.45) is 13.0 Å². The summed E-state index contributed by atoms with van der Waals surface area (Å²) in [6.07, 6.45) is 5.48. The summed E-state index contributed by atoms with van der Waals surface area (Å²) in [5.74, 6) is -1.52.